The first kappa shape index (κ1) is 31.2. The van der Waals surface area contributed by atoms with E-state index in [2.05, 4.69) is 10.0 Å². The summed E-state index contributed by atoms with van der Waals surface area (Å²) in [6.07, 6.45) is 0. The maximum Gasteiger partial charge on any atom is 0.264 e. The van der Waals surface area contributed by atoms with Gasteiger partial charge in [-0.15, -0.1) is 0 Å². The second-order valence-corrected chi connectivity index (χ2v) is 13.3. The maximum atomic E-state index is 13.7. The van der Waals surface area contributed by atoms with Crippen molar-refractivity contribution >= 4 is 66.2 Å². The monoisotopic (exact) mass is 647 g/mol. The van der Waals surface area contributed by atoms with Crippen LogP contribution in [0, 0.1) is 6.92 Å². The standard InChI is InChI=1S/C29H27Cl2N3O6S2/c1-3-40-27-10-5-4-9-26(27)34(42(38,39)23-15-11-20(2)12-16-23)19-28(35)32-21-13-17-22(18-14-21)41(36,37)33-25-8-6-7-24(30)29(25)31/h4-18,33H,3,19H2,1-2H3,(H,32,35). The van der Waals surface area contributed by atoms with E-state index in [4.69, 9.17) is 27.9 Å². The Morgan fingerprint density at radius 3 is 2.14 bits per heavy atom. The Hall–Kier alpha value is -3.77. The second kappa shape index (κ2) is 13.0. The van der Waals surface area contributed by atoms with Gasteiger partial charge in [0.15, 0.2) is 0 Å². The number of anilines is 3. The largest absolute Gasteiger partial charge is 0.492 e. The molecule has 0 bridgehead atoms. The Bertz CT molecular complexity index is 1800. The Balaban J connectivity index is 1.57. The van der Waals surface area contributed by atoms with E-state index in [0.717, 1.165) is 9.87 Å². The minimum absolute atomic E-state index is 0.00840. The molecule has 1 amide bonds. The van der Waals surface area contributed by atoms with Crippen LogP contribution < -0.4 is 19.1 Å². The Morgan fingerprint density at radius 1 is 0.833 bits per heavy atom. The van der Waals surface area contributed by atoms with Crippen LogP contribution in [0.15, 0.2) is 101 Å². The van der Waals surface area contributed by atoms with Crippen LogP contribution in [0.4, 0.5) is 17.1 Å². The number of benzene rings is 4. The average molecular weight is 649 g/mol. The molecule has 0 spiro atoms. The van der Waals surface area contributed by atoms with Crippen LogP contribution in [0.25, 0.3) is 0 Å². The number of carbonyl (C=O) groups is 1. The molecule has 0 radical (unpaired) electrons. The number of amides is 1. The Labute approximate surface area is 255 Å². The lowest BCUT2D eigenvalue weighted by atomic mass is 10.2. The predicted molar refractivity (Wildman–Crippen MR) is 166 cm³/mol. The van der Waals surface area contributed by atoms with Gasteiger partial charge in [0.2, 0.25) is 5.91 Å². The van der Waals surface area contributed by atoms with E-state index < -0.39 is 32.5 Å². The first-order valence-electron chi connectivity index (χ1n) is 12.6. The van der Waals surface area contributed by atoms with E-state index in [1.165, 1.54) is 48.5 Å². The van der Waals surface area contributed by atoms with Crippen molar-refractivity contribution < 1.29 is 26.4 Å². The van der Waals surface area contributed by atoms with Gasteiger partial charge in [-0.25, -0.2) is 16.8 Å². The van der Waals surface area contributed by atoms with Crippen molar-refractivity contribution in [3.63, 3.8) is 0 Å². The molecular weight excluding hydrogens is 621 g/mol. The number of ether oxygens (including phenoxy) is 1. The van der Waals surface area contributed by atoms with Crippen molar-refractivity contribution in [1.29, 1.82) is 0 Å². The number of rotatable bonds is 11. The number of carbonyl (C=O) groups excluding carboxylic acids is 1. The van der Waals surface area contributed by atoms with Crippen LogP contribution in [0.2, 0.25) is 10.0 Å². The zero-order valence-electron chi connectivity index (χ0n) is 22.5. The normalized spacial score (nSPS) is 11.5. The molecule has 2 N–H and O–H groups in total. The molecule has 0 fully saturated rings. The third-order valence-electron chi connectivity index (χ3n) is 5.97. The number of para-hydroxylation sites is 2. The Kier molecular flexibility index (Phi) is 9.67. The Morgan fingerprint density at radius 2 is 1.48 bits per heavy atom. The van der Waals surface area contributed by atoms with Crippen LogP contribution in [-0.4, -0.2) is 35.9 Å². The molecule has 0 aliphatic heterocycles. The van der Waals surface area contributed by atoms with Gasteiger partial charge in [-0.3, -0.25) is 13.8 Å². The lowest BCUT2D eigenvalue weighted by Gasteiger charge is -2.26. The van der Waals surface area contributed by atoms with Crippen molar-refractivity contribution in [3.05, 3.63) is 107 Å². The van der Waals surface area contributed by atoms with Gasteiger partial charge in [0, 0.05) is 5.69 Å². The molecular formula is C29H27Cl2N3O6S2. The van der Waals surface area contributed by atoms with Gasteiger partial charge in [0.1, 0.15) is 12.3 Å². The summed E-state index contributed by atoms with van der Waals surface area (Å²) in [7, 11) is -8.20. The molecule has 0 aliphatic rings. The zero-order chi connectivity index (χ0) is 30.5. The molecule has 4 aromatic rings. The van der Waals surface area contributed by atoms with E-state index in [1.807, 2.05) is 6.92 Å². The van der Waals surface area contributed by atoms with Crippen LogP contribution in [0.3, 0.4) is 0 Å². The van der Waals surface area contributed by atoms with Crippen LogP contribution >= 0.6 is 23.2 Å². The number of hydrogen-bond acceptors (Lipinski definition) is 6. The van der Waals surface area contributed by atoms with Crippen LogP contribution in [-0.2, 0) is 24.8 Å². The first-order valence-corrected chi connectivity index (χ1v) is 16.3. The molecule has 13 heteroatoms. The van der Waals surface area contributed by atoms with E-state index in [0.29, 0.717) is 5.75 Å². The summed E-state index contributed by atoms with van der Waals surface area (Å²) >= 11 is 12.1. The summed E-state index contributed by atoms with van der Waals surface area (Å²) in [4.78, 5) is 13.1. The third kappa shape index (κ3) is 7.16. The van der Waals surface area contributed by atoms with E-state index in [9.17, 15) is 21.6 Å². The molecule has 4 aromatic carbocycles. The van der Waals surface area contributed by atoms with Gasteiger partial charge in [-0.1, -0.05) is 59.1 Å². The van der Waals surface area contributed by atoms with Crippen molar-refractivity contribution in [2.75, 3.05) is 27.5 Å². The summed E-state index contributed by atoms with van der Waals surface area (Å²) in [6.45, 7) is 3.32. The third-order valence-corrected chi connectivity index (χ3v) is 9.95. The molecule has 0 saturated carbocycles. The highest BCUT2D eigenvalue weighted by atomic mass is 35.5. The molecule has 0 saturated heterocycles. The van der Waals surface area contributed by atoms with Gasteiger partial charge in [-0.05, 0) is 74.5 Å². The fraction of sp³-hybridized carbons (Fsp3) is 0.138. The summed E-state index contributed by atoms with van der Waals surface area (Å²) in [5, 5.41) is 2.88. The maximum absolute atomic E-state index is 13.7. The summed E-state index contributed by atoms with van der Waals surface area (Å²) in [5.74, 6) is -0.359. The van der Waals surface area contributed by atoms with E-state index >= 15 is 0 Å². The molecule has 0 unspecified atom stereocenters. The van der Waals surface area contributed by atoms with Gasteiger partial charge in [0.05, 0.1) is 37.8 Å². The number of nitrogens with zero attached hydrogens (tertiary/aromatic N) is 1. The fourth-order valence-electron chi connectivity index (χ4n) is 3.91. The molecule has 0 aliphatic carbocycles. The highest BCUT2D eigenvalue weighted by molar-refractivity contribution is 7.93. The van der Waals surface area contributed by atoms with Crippen molar-refractivity contribution in [3.8, 4) is 5.75 Å². The van der Waals surface area contributed by atoms with Gasteiger partial charge >= 0.3 is 0 Å². The smallest absolute Gasteiger partial charge is 0.264 e. The molecule has 220 valence electrons. The average Bonchev–Trinajstić information content (AvgIpc) is 2.95. The quantitative estimate of drug-likeness (QED) is 0.196. The highest BCUT2D eigenvalue weighted by Gasteiger charge is 2.29. The molecule has 0 aromatic heterocycles. The number of aryl methyl sites for hydroxylation is 1. The van der Waals surface area contributed by atoms with E-state index in [1.54, 1.807) is 49.4 Å². The molecule has 0 heterocycles. The number of halogens is 2. The molecule has 0 atom stereocenters. The van der Waals surface area contributed by atoms with Crippen molar-refractivity contribution in [2.24, 2.45) is 0 Å². The SMILES string of the molecule is CCOc1ccccc1N(CC(=O)Nc1ccc(S(=O)(=O)Nc2cccc(Cl)c2Cl)cc1)S(=O)(=O)c1ccc(C)cc1. The van der Waals surface area contributed by atoms with Crippen molar-refractivity contribution in [2.45, 2.75) is 23.6 Å². The number of nitrogens with one attached hydrogen (secondary N) is 2. The lowest BCUT2D eigenvalue weighted by molar-refractivity contribution is -0.114. The minimum atomic E-state index is -4.18. The molecule has 42 heavy (non-hydrogen) atoms. The summed E-state index contributed by atoms with van der Waals surface area (Å²) < 4.78 is 62.2. The lowest BCUT2D eigenvalue weighted by Crippen LogP contribution is -2.38. The van der Waals surface area contributed by atoms with Crippen molar-refractivity contribution in [1.82, 2.24) is 0 Å². The first-order chi connectivity index (χ1) is 19.9. The highest BCUT2D eigenvalue weighted by Crippen LogP contribution is 2.33. The van der Waals surface area contributed by atoms with E-state index in [-0.39, 0.29) is 43.5 Å². The number of hydrogen-bond donors (Lipinski definition) is 2. The molecule has 4 rings (SSSR count). The topological polar surface area (TPSA) is 122 Å². The fourth-order valence-corrected chi connectivity index (χ4v) is 6.82. The molecule has 9 nitrogen and oxygen atoms in total. The number of sulfonamides is 2. The minimum Gasteiger partial charge on any atom is -0.492 e. The van der Waals surface area contributed by atoms with Crippen LogP contribution in [0.5, 0.6) is 5.75 Å². The second-order valence-electron chi connectivity index (χ2n) is 9.00. The van der Waals surface area contributed by atoms with Gasteiger partial charge < -0.3 is 10.1 Å². The zero-order valence-corrected chi connectivity index (χ0v) is 25.7. The summed E-state index contributed by atoms with van der Waals surface area (Å²) in [6, 6.07) is 22.7. The van der Waals surface area contributed by atoms with Gasteiger partial charge in [-0.2, -0.15) is 0 Å². The van der Waals surface area contributed by atoms with Gasteiger partial charge in [0.25, 0.3) is 20.0 Å². The van der Waals surface area contributed by atoms with Crippen LogP contribution in [0.1, 0.15) is 12.5 Å². The summed E-state index contributed by atoms with van der Waals surface area (Å²) in [5.41, 5.74) is 1.45. The predicted octanol–water partition coefficient (Wildman–Crippen LogP) is 6.34.